The molecule has 0 amide bonds. The van der Waals surface area contributed by atoms with E-state index in [1.54, 1.807) is 0 Å². The maximum absolute atomic E-state index is 9.89. The molecule has 15 heavy (non-hydrogen) atoms. The highest BCUT2D eigenvalue weighted by molar-refractivity contribution is 14.1. The minimum Gasteiger partial charge on any atom is -0.387 e. The van der Waals surface area contributed by atoms with Crippen LogP contribution in [-0.2, 0) is 0 Å². The SMILES string of the molecule is NC[C@H](O)c1c(I)c(I)c(I)c(I)c1I. The smallest absolute Gasteiger partial charge is 0.0933 e. The fraction of sp³-hybridized carbons (Fsp3) is 0.250. The summed E-state index contributed by atoms with van der Waals surface area (Å²) in [5.41, 5.74) is 6.48. The van der Waals surface area contributed by atoms with Crippen LogP contribution in [-0.4, -0.2) is 11.7 Å². The normalized spacial score (nSPS) is 13.0. The Balaban J connectivity index is 3.52. The van der Waals surface area contributed by atoms with Crippen LogP contribution < -0.4 is 5.73 Å². The van der Waals surface area contributed by atoms with Crippen molar-refractivity contribution in [3.8, 4) is 0 Å². The monoisotopic (exact) mass is 767 g/mol. The molecule has 0 unspecified atom stereocenters. The van der Waals surface area contributed by atoms with E-state index in [2.05, 4.69) is 113 Å². The molecule has 0 aliphatic heterocycles. The van der Waals surface area contributed by atoms with Crippen molar-refractivity contribution in [1.29, 1.82) is 0 Å². The molecular weight excluding hydrogens is 761 g/mol. The number of halogens is 5. The summed E-state index contributed by atoms with van der Waals surface area (Å²) in [5, 5.41) is 9.89. The predicted octanol–water partition coefficient (Wildman–Crippen LogP) is 3.70. The van der Waals surface area contributed by atoms with E-state index >= 15 is 0 Å². The van der Waals surface area contributed by atoms with E-state index in [0.29, 0.717) is 0 Å². The van der Waals surface area contributed by atoms with E-state index in [1.165, 1.54) is 10.7 Å². The second-order valence-corrected chi connectivity index (χ2v) is 8.13. The molecule has 0 aromatic heterocycles. The summed E-state index contributed by atoms with van der Waals surface area (Å²) in [6.07, 6.45) is -0.567. The van der Waals surface area contributed by atoms with Crippen molar-refractivity contribution in [1.82, 2.24) is 0 Å². The first-order valence-electron chi connectivity index (χ1n) is 3.81. The van der Waals surface area contributed by atoms with Gasteiger partial charge in [-0.3, -0.25) is 0 Å². The fourth-order valence-corrected chi connectivity index (χ4v) is 6.55. The van der Waals surface area contributed by atoms with Gasteiger partial charge in [-0.05, 0) is 113 Å². The molecule has 0 heterocycles. The summed E-state index contributed by atoms with van der Waals surface area (Å²) in [6, 6.07) is 0. The van der Waals surface area contributed by atoms with Crippen LogP contribution in [0.25, 0.3) is 0 Å². The molecule has 0 aliphatic carbocycles. The van der Waals surface area contributed by atoms with Gasteiger partial charge in [0.25, 0.3) is 0 Å². The molecule has 7 heteroatoms. The second-order valence-electron chi connectivity index (χ2n) is 2.74. The van der Waals surface area contributed by atoms with Crippen molar-refractivity contribution >= 4 is 113 Å². The van der Waals surface area contributed by atoms with Crippen LogP contribution >= 0.6 is 113 Å². The van der Waals surface area contributed by atoms with Crippen LogP contribution in [0, 0.1) is 17.9 Å². The summed E-state index contributed by atoms with van der Waals surface area (Å²) in [5.74, 6) is 0. The average Bonchev–Trinajstić information content (AvgIpc) is 2.23. The average molecular weight is 767 g/mol. The van der Waals surface area contributed by atoms with Gasteiger partial charge in [0.15, 0.2) is 0 Å². The molecule has 0 aliphatic rings. The molecule has 84 valence electrons. The molecule has 1 atom stereocenters. The van der Waals surface area contributed by atoms with Crippen LogP contribution in [0.3, 0.4) is 0 Å². The van der Waals surface area contributed by atoms with Crippen molar-refractivity contribution in [3.63, 3.8) is 0 Å². The van der Waals surface area contributed by atoms with Crippen molar-refractivity contribution in [2.24, 2.45) is 5.73 Å². The Morgan fingerprint density at radius 2 is 1.20 bits per heavy atom. The standard InChI is InChI=1S/C8H6I5NO/c9-4-3(2(15)1-14)5(10)7(12)8(13)6(4)11/h2,15H,1,14H2/t2-/m0/s1. The Bertz CT molecular complexity index is 366. The number of aliphatic hydroxyl groups excluding tert-OH is 1. The quantitative estimate of drug-likeness (QED) is 0.275. The second kappa shape index (κ2) is 6.81. The van der Waals surface area contributed by atoms with E-state index in [-0.39, 0.29) is 6.54 Å². The van der Waals surface area contributed by atoms with Gasteiger partial charge in [0.05, 0.1) is 6.10 Å². The lowest BCUT2D eigenvalue weighted by Gasteiger charge is -2.17. The highest BCUT2D eigenvalue weighted by atomic mass is 127. The number of nitrogens with two attached hydrogens (primary N) is 1. The van der Waals surface area contributed by atoms with Gasteiger partial charge in [0.2, 0.25) is 0 Å². The zero-order valence-corrected chi connectivity index (χ0v) is 18.0. The lowest BCUT2D eigenvalue weighted by atomic mass is 10.1. The summed E-state index contributed by atoms with van der Waals surface area (Å²) in [6.45, 7) is 0.263. The molecule has 0 fully saturated rings. The van der Waals surface area contributed by atoms with E-state index in [4.69, 9.17) is 5.73 Å². The molecule has 0 saturated carbocycles. The van der Waals surface area contributed by atoms with Gasteiger partial charge >= 0.3 is 0 Å². The molecule has 1 aromatic carbocycles. The van der Waals surface area contributed by atoms with Crippen LogP contribution in [0.4, 0.5) is 0 Å². The zero-order valence-electron chi connectivity index (χ0n) is 7.20. The summed E-state index contributed by atoms with van der Waals surface area (Å²) in [7, 11) is 0. The Morgan fingerprint density at radius 1 is 0.867 bits per heavy atom. The van der Waals surface area contributed by atoms with Crippen molar-refractivity contribution in [3.05, 3.63) is 23.4 Å². The Morgan fingerprint density at radius 3 is 1.53 bits per heavy atom. The molecule has 1 rings (SSSR count). The van der Waals surface area contributed by atoms with Gasteiger partial charge in [0.1, 0.15) is 0 Å². The lowest BCUT2D eigenvalue weighted by molar-refractivity contribution is 0.185. The molecule has 0 bridgehead atoms. The van der Waals surface area contributed by atoms with Gasteiger partial charge in [-0.2, -0.15) is 0 Å². The van der Waals surface area contributed by atoms with Gasteiger partial charge in [-0.25, -0.2) is 0 Å². The first-order chi connectivity index (χ1) is 6.91. The highest BCUT2D eigenvalue weighted by Gasteiger charge is 2.21. The third-order valence-electron chi connectivity index (χ3n) is 1.80. The summed E-state index contributed by atoms with van der Waals surface area (Å²) in [4.78, 5) is 0. The molecule has 0 radical (unpaired) electrons. The summed E-state index contributed by atoms with van der Waals surface area (Å²) < 4.78 is 5.86. The van der Waals surface area contributed by atoms with Crippen molar-refractivity contribution < 1.29 is 5.11 Å². The first-order valence-corrected chi connectivity index (χ1v) is 9.20. The van der Waals surface area contributed by atoms with Gasteiger partial charge in [0, 0.05) is 30.0 Å². The zero-order chi connectivity index (χ0) is 11.7. The topological polar surface area (TPSA) is 46.2 Å². The van der Waals surface area contributed by atoms with Gasteiger partial charge in [-0.1, -0.05) is 0 Å². The van der Waals surface area contributed by atoms with Crippen molar-refractivity contribution in [2.75, 3.05) is 6.54 Å². The first kappa shape index (κ1) is 15.8. The third-order valence-corrected chi connectivity index (χ3v) is 11.4. The molecule has 3 N–H and O–H groups in total. The molecule has 2 nitrogen and oxygen atoms in total. The summed E-state index contributed by atoms with van der Waals surface area (Å²) >= 11 is 11.5. The van der Waals surface area contributed by atoms with Crippen LogP contribution in [0.5, 0.6) is 0 Å². The fourth-order valence-electron chi connectivity index (χ4n) is 1.03. The van der Waals surface area contributed by atoms with E-state index in [9.17, 15) is 5.11 Å². The molecule has 0 saturated heterocycles. The van der Waals surface area contributed by atoms with Gasteiger partial charge < -0.3 is 10.8 Å². The van der Waals surface area contributed by atoms with Crippen molar-refractivity contribution in [2.45, 2.75) is 6.10 Å². The van der Waals surface area contributed by atoms with E-state index in [1.807, 2.05) is 0 Å². The van der Waals surface area contributed by atoms with Crippen LogP contribution in [0.15, 0.2) is 0 Å². The third kappa shape index (κ3) is 3.42. The largest absolute Gasteiger partial charge is 0.387 e. The maximum atomic E-state index is 9.89. The number of hydrogen-bond donors (Lipinski definition) is 2. The number of benzene rings is 1. The van der Waals surface area contributed by atoms with E-state index in [0.717, 1.165) is 12.7 Å². The number of rotatable bonds is 2. The molecule has 1 aromatic rings. The number of aliphatic hydroxyl groups is 1. The molecule has 0 spiro atoms. The Hall–Kier alpha value is 2.79. The molecular formula is C8H6I5NO. The minimum absolute atomic E-state index is 0.263. The number of hydrogen-bond acceptors (Lipinski definition) is 2. The highest BCUT2D eigenvalue weighted by Crippen LogP contribution is 2.36. The van der Waals surface area contributed by atoms with Crippen LogP contribution in [0.2, 0.25) is 0 Å². The Labute approximate surface area is 157 Å². The van der Waals surface area contributed by atoms with Gasteiger partial charge in [-0.15, -0.1) is 0 Å². The predicted molar refractivity (Wildman–Crippen MR) is 104 cm³/mol. The van der Waals surface area contributed by atoms with Crippen LogP contribution in [0.1, 0.15) is 11.7 Å². The lowest BCUT2D eigenvalue weighted by Crippen LogP contribution is -2.16. The maximum Gasteiger partial charge on any atom is 0.0933 e. The Kier molecular flexibility index (Phi) is 7.20. The van der Waals surface area contributed by atoms with E-state index < -0.39 is 6.10 Å². The minimum atomic E-state index is -0.567.